The summed E-state index contributed by atoms with van der Waals surface area (Å²) in [6.45, 7) is 5.71. The molecule has 3 heterocycles. The highest BCUT2D eigenvalue weighted by atomic mass is 16.5. The molecule has 140 valence electrons. The molecule has 1 amide bonds. The second-order valence-electron chi connectivity index (χ2n) is 7.55. The zero-order chi connectivity index (χ0) is 17.9. The van der Waals surface area contributed by atoms with Gasteiger partial charge in [-0.15, -0.1) is 0 Å². The highest BCUT2D eigenvalue weighted by Crippen LogP contribution is 2.27. The minimum Gasteiger partial charge on any atom is -0.383 e. The van der Waals surface area contributed by atoms with E-state index < -0.39 is 0 Å². The van der Waals surface area contributed by atoms with Crippen molar-refractivity contribution in [2.24, 2.45) is 0 Å². The number of nitrogens with zero attached hydrogens (tertiary/aromatic N) is 3. The lowest BCUT2D eigenvalue weighted by atomic mass is 10.1. The molecule has 0 bridgehead atoms. The first kappa shape index (κ1) is 17.6. The van der Waals surface area contributed by atoms with Gasteiger partial charge in [0.25, 0.3) is 5.91 Å². The lowest BCUT2D eigenvalue weighted by Crippen LogP contribution is -2.42. The van der Waals surface area contributed by atoms with E-state index in [1.54, 1.807) is 7.11 Å². The number of ether oxygens (including phenoxy) is 1. The number of hydrogen-bond donors (Lipinski definition) is 0. The van der Waals surface area contributed by atoms with Crippen molar-refractivity contribution < 1.29 is 9.53 Å². The van der Waals surface area contributed by atoms with Gasteiger partial charge < -0.3 is 19.1 Å². The summed E-state index contributed by atoms with van der Waals surface area (Å²) in [6.07, 6.45) is 6.87. The highest BCUT2D eigenvalue weighted by molar-refractivity contribution is 6.07. The fourth-order valence-electron chi connectivity index (χ4n) is 4.50. The van der Waals surface area contributed by atoms with Crippen LogP contribution in [0.4, 0.5) is 0 Å². The van der Waals surface area contributed by atoms with Crippen LogP contribution in [-0.4, -0.2) is 66.2 Å². The molecule has 4 rings (SSSR count). The van der Waals surface area contributed by atoms with Gasteiger partial charge in [0.05, 0.1) is 12.2 Å². The van der Waals surface area contributed by atoms with Crippen molar-refractivity contribution in [3.63, 3.8) is 0 Å². The third-order valence-corrected chi connectivity index (χ3v) is 5.86. The van der Waals surface area contributed by atoms with E-state index in [0.717, 1.165) is 48.9 Å². The summed E-state index contributed by atoms with van der Waals surface area (Å²) in [5.41, 5.74) is 1.95. The fraction of sp³-hybridized carbons (Fsp3) is 0.571. The number of para-hydroxylation sites is 1. The number of aromatic nitrogens is 1. The van der Waals surface area contributed by atoms with Gasteiger partial charge in [0, 0.05) is 49.9 Å². The van der Waals surface area contributed by atoms with Crippen molar-refractivity contribution in [2.45, 2.75) is 38.3 Å². The molecule has 5 nitrogen and oxygen atoms in total. The summed E-state index contributed by atoms with van der Waals surface area (Å²) in [5, 5.41) is 1.06. The molecule has 2 saturated heterocycles. The predicted molar refractivity (Wildman–Crippen MR) is 104 cm³/mol. The number of hydrogen-bond acceptors (Lipinski definition) is 3. The molecule has 0 spiro atoms. The molecule has 0 radical (unpaired) electrons. The first-order valence-corrected chi connectivity index (χ1v) is 9.88. The molecule has 0 aliphatic carbocycles. The van der Waals surface area contributed by atoms with Crippen molar-refractivity contribution in [1.82, 2.24) is 14.4 Å². The lowest BCUT2D eigenvalue weighted by molar-refractivity contribution is 0.0710. The molecule has 2 fully saturated rings. The van der Waals surface area contributed by atoms with Gasteiger partial charge >= 0.3 is 0 Å². The Labute approximate surface area is 155 Å². The van der Waals surface area contributed by atoms with Gasteiger partial charge in [0.2, 0.25) is 0 Å². The van der Waals surface area contributed by atoms with E-state index in [4.69, 9.17) is 4.74 Å². The molecule has 26 heavy (non-hydrogen) atoms. The normalized spacial score (nSPS) is 21.1. The van der Waals surface area contributed by atoms with Crippen LogP contribution >= 0.6 is 0 Å². The SMILES string of the molecule is COCCn1cc(C(=O)N2CCCC2CN2CCCC2)c2ccccc21. The van der Waals surface area contributed by atoms with Crippen LogP contribution < -0.4 is 0 Å². The van der Waals surface area contributed by atoms with E-state index in [2.05, 4.69) is 26.5 Å². The topological polar surface area (TPSA) is 37.7 Å². The number of carbonyl (C=O) groups excluding carboxylic acids is 1. The Kier molecular flexibility index (Phi) is 5.27. The van der Waals surface area contributed by atoms with E-state index >= 15 is 0 Å². The third kappa shape index (κ3) is 3.38. The maximum absolute atomic E-state index is 13.4. The Bertz CT molecular complexity index is 764. The van der Waals surface area contributed by atoms with Crippen molar-refractivity contribution >= 4 is 16.8 Å². The van der Waals surface area contributed by atoms with Gasteiger partial charge in [-0.2, -0.15) is 0 Å². The fourth-order valence-corrected chi connectivity index (χ4v) is 4.50. The lowest BCUT2D eigenvalue weighted by Gasteiger charge is -2.28. The van der Waals surface area contributed by atoms with Crippen molar-refractivity contribution in [2.75, 3.05) is 39.9 Å². The highest BCUT2D eigenvalue weighted by Gasteiger charge is 2.32. The third-order valence-electron chi connectivity index (χ3n) is 5.86. The Morgan fingerprint density at radius 1 is 1.15 bits per heavy atom. The quantitative estimate of drug-likeness (QED) is 0.799. The molecule has 1 aromatic carbocycles. The number of benzene rings is 1. The Morgan fingerprint density at radius 2 is 1.96 bits per heavy atom. The van der Waals surface area contributed by atoms with Crippen LogP contribution in [0.2, 0.25) is 0 Å². The Morgan fingerprint density at radius 3 is 2.77 bits per heavy atom. The second-order valence-corrected chi connectivity index (χ2v) is 7.55. The number of methoxy groups -OCH3 is 1. The molecule has 2 aliphatic heterocycles. The van der Waals surface area contributed by atoms with E-state index in [0.29, 0.717) is 12.6 Å². The minimum atomic E-state index is 0.194. The van der Waals surface area contributed by atoms with Gasteiger partial charge in [0.15, 0.2) is 0 Å². The zero-order valence-electron chi connectivity index (χ0n) is 15.7. The Balaban J connectivity index is 1.58. The molecule has 0 N–H and O–H groups in total. The van der Waals surface area contributed by atoms with Gasteiger partial charge in [-0.25, -0.2) is 0 Å². The van der Waals surface area contributed by atoms with Gasteiger partial charge in [-0.1, -0.05) is 18.2 Å². The van der Waals surface area contributed by atoms with E-state index in [-0.39, 0.29) is 5.91 Å². The molecule has 2 aliphatic rings. The zero-order valence-corrected chi connectivity index (χ0v) is 15.7. The first-order valence-electron chi connectivity index (χ1n) is 9.88. The summed E-state index contributed by atoms with van der Waals surface area (Å²) >= 11 is 0. The van der Waals surface area contributed by atoms with Crippen molar-refractivity contribution in [3.8, 4) is 0 Å². The smallest absolute Gasteiger partial charge is 0.256 e. The Hall–Kier alpha value is -1.85. The monoisotopic (exact) mass is 355 g/mol. The molecule has 1 aromatic heterocycles. The van der Waals surface area contributed by atoms with Crippen LogP contribution in [0.1, 0.15) is 36.0 Å². The van der Waals surface area contributed by atoms with Gasteiger partial charge in [0.1, 0.15) is 0 Å². The summed E-state index contributed by atoms with van der Waals surface area (Å²) in [6, 6.07) is 8.57. The molecule has 0 saturated carbocycles. The molecule has 1 atom stereocenters. The predicted octanol–water partition coefficient (Wildman–Crippen LogP) is 2.99. The summed E-state index contributed by atoms with van der Waals surface area (Å²) in [4.78, 5) is 18.0. The summed E-state index contributed by atoms with van der Waals surface area (Å²) < 4.78 is 7.38. The number of likely N-dealkylation sites (tertiary alicyclic amines) is 2. The minimum absolute atomic E-state index is 0.194. The number of carbonyl (C=O) groups is 1. The molecule has 2 aromatic rings. The van der Waals surface area contributed by atoms with Crippen molar-refractivity contribution in [3.05, 3.63) is 36.0 Å². The molecular formula is C21H29N3O2. The average Bonchev–Trinajstić information content (AvgIpc) is 3.40. The van der Waals surface area contributed by atoms with Crippen LogP contribution in [0.5, 0.6) is 0 Å². The average molecular weight is 355 g/mol. The first-order chi connectivity index (χ1) is 12.8. The van der Waals surface area contributed by atoms with Crippen LogP contribution in [0, 0.1) is 0 Å². The van der Waals surface area contributed by atoms with Crippen LogP contribution in [-0.2, 0) is 11.3 Å². The van der Waals surface area contributed by atoms with E-state index in [1.165, 1.54) is 25.9 Å². The van der Waals surface area contributed by atoms with Crippen molar-refractivity contribution in [1.29, 1.82) is 0 Å². The van der Waals surface area contributed by atoms with Crippen LogP contribution in [0.25, 0.3) is 10.9 Å². The number of amides is 1. The van der Waals surface area contributed by atoms with Crippen LogP contribution in [0.15, 0.2) is 30.5 Å². The largest absolute Gasteiger partial charge is 0.383 e. The van der Waals surface area contributed by atoms with E-state index in [1.807, 2.05) is 18.3 Å². The maximum Gasteiger partial charge on any atom is 0.256 e. The summed E-state index contributed by atoms with van der Waals surface area (Å²) in [7, 11) is 1.71. The molecule has 5 heteroatoms. The molecular weight excluding hydrogens is 326 g/mol. The maximum atomic E-state index is 13.4. The summed E-state index contributed by atoms with van der Waals surface area (Å²) in [5.74, 6) is 0.194. The number of fused-ring (bicyclic) bond motifs is 1. The number of rotatable bonds is 6. The standard InChI is InChI=1S/C21H29N3O2/c1-26-14-13-23-16-19(18-8-2-3-9-20(18)23)21(25)24-12-6-7-17(24)15-22-10-4-5-11-22/h2-3,8-9,16-17H,4-7,10-15H2,1H3. The molecule has 1 unspecified atom stereocenters. The van der Waals surface area contributed by atoms with E-state index in [9.17, 15) is 4.79 Å². The van der Waals surface area contributed by atoms with Gasteiger partial charge in [-0.3, -0.25) is 4.79 Å². The van der Waals surface area contributed by atoms with Gasteiger partial charge in [-0.05, 0) is 44.8 Å². The second kappa shape index (κ2) is 7.80. The van der Waals surface area contributed by atoms with Crippen LogP contribution in [0.3, 0.4) is 0 Å².